The molecule has 1 unspecified atom stereocenters. The lowest BCUT2D eigenvalue weighted by atomic mass is 9.95. The molecule has 9 nitrogen and oxygen atoms in total. The van der Waals surface area contributed by atoms with Gasteiger partial charge in [-0.05, 0) is 42.0 Å². The van der Waals surface area contributed by atoms with Crippen molar-refractivity contribution in [3.8, 4) is 5.75 Å². The second-order valence-corrected chi connectivity index (χ2v) is 6.46. The summed E-state index contributed by atoms with van der Waals surface area (Å²) in [5.41, 5.74) is 6.53. The molecule has 9 heteroatoms. The Hall–Kier alpha value is -3.88. The van der Waals surface area contributed by atoms with Crippen molar-refractivity contribution in [2.45, 2.75) is 12.3 Å². The molecule has 1 amide bonds. The zero-order valence-corrected chi connectivity index (χ0v) is 16.0. The van der Waals surface area contributed by atoms with Gasteiger partial charge in [-0.25, -0.2) is 4.79 Å². The van der Waals surface area contributed by atoms with Crippen LogP contribution in [-0.4, -0.2) is 47.9 Å². The molecule has 0 bridgehead atoms. The molecule has 0 aliphatic heterocycles. The van der Waals surface area contributed by atoms with Gasteiger partial charge in [0.15, 0.2) is 5.96 Å². The number of carbonyl (C=O) groups excluding carboxylic acids is 2. The van der Waals surface area contributed by atoms with Gasteiger partial charge in [0.1, 0.15) is 5.75 Å². The van der Waals surface area contributed by atoms with Gasteiger partial charge >= 0.3 is 11.9 Å². The Balaban J connectivity index is 2.07. The standard InChI is InChI=1S/C20H22N4O5/c1-24(2)17(25)11-16(18(26)27)12-5-9-15(10-6-12)29-19(28)13-3-7-14(8-4-13)23-20(21)22/h3-10,16H,11H2,1-2H3,(H,26,27)(H4,21,22,23). The van der Waals surface area contributed by atoms with E-state index >= 15 is 0 Å². The van der Waals surface area contributed by atoms with Crippen molar-refractivity contribution in [1.82, 2.24) is 4.90 Å². The number of amides is 1. The predicted octanol–water partition coefficient (Wildman–Crippen LogP) is 1.86. The molecule has 0 aliphatic rings. The van der Waals surface area contributed by atoms with Crippen LogP contribution >= 0.6 is 0 Å². The number of nitrogens with zero attached hydrogens (tertiary/aromatic N) is 1. The number of carboxylic acid groups (broad SMARTS) is 1. The smallest absolute Gasteiger partial charge is 0.343 e. The van der Waals surface area contributed by atoms with E-state index in [2.05, 4.69) is 5.32 Å². The summed E-state index contributed by atoms with van der Waals surface area (Å²) in [6.07, 6.45) is -0.165. The van der Waals surface area contributed by atoms with Crippen LogP contribution in [0.25, 0.3) is 0 Å². The highest BCUT2D eigenvalue weighted by atomic mass is 16.5. The molecule has 2 aromatic rings. The molecule has 1 atom stereocenters. The molecule has 29 heavy (non-hydrogen) atoms. The first-order valence-electron chi connectivity index (χ1n) is 8.63. The topological polar surface area (TPSA) is 146 Å². The summed E-state index contributed by atoms with van der Waals surface area (Å²) in [7, 11) is 3.12. The fourth-order valence-electron chi connectivity index (χ4n) is 2.48. The second kappa shape index (κ2) is 9.36. The van der Waals surface area contributed by atoms with E-state index in [1.54, 1.807) is 26.2 Å². The predicted molar refractivity (Wildman–Crippen MR) is 107 cm³/mol. The lowest BCUT2D eigenvalue weighted by molar-refractivity contribution is -0.142. The monoisotopic (exact) mass is 398 g/mol. The number of nitrogens with two attached hydrogens (primary N) is 1. The summed E-state index contributed by atoms with van der Waals surface area (Å²) < 4.78 is 5.29. The summed E-state index contributed by atoms with van der Waals surface area (Å²) in [4.78, 5) is 36.9. The fourth-order valence-corrected chi connectivity index (χ4v) is 2.48. The maximum absolute atomic E-state index is 12.2. The van der Waals surface area contributed by atoms with E-state index in [0.29, 0.717) is 16.8 Å². The van der Waals surface area contributed by atoms with Gasteiger partial charge in [0, 0.05) is 26.2 Å². The van der Waals surface area contributed by atoms with Crippen LogP contribution in [0.4, 0.5) is 5.69 Å². The Labute approximate surface area is 167 Å². The lowest BCUT2D eigenvalue weighted by Gasteiger charge is -2.16. The molecule has 0 spiro atoms. The zero-order valence-electron chi connectivity index (χ0n) is 16.0. The van der Waals surface area contributed by atoms with Gasteiger partial charge in [-0.15, -0.1) is 0 Å². The highest BCUT2D eigenvalue weighted by Gasteiger charge is 2.24. The largest absolute Gasteiger partial charge is 0.481 e. The Morgan fingerprint density at radius 2 is 1.69 bits per heavy atom. The average Bonchev–Trinajstić information content (AvgIpc) is 2.66. The second-order valence-electron chi connectivity index (χ2n) is 6.46. The van der Waals surface area contributed by atoms with E-state index in [9.17, 15) is 19.5 Å². The minimum absolute atomic E-state index is 0.165. The third-order valence-electron chi connectivity index (χ3n) is 4.07. The van der Waals surface area contributed by atoms with Gasteiger partial charge in [-0.2, -0.15) is 0 Å². The summed E-state index contributed by atoms with van der Waals surface area (Å²) in [5, 5.41) is 19.2. The van der Waals surface area contributed by atoms with Crippen LogP contribution in [0.2, 0.25) is 0 Å². The first kappa shape index (κ1) is 21.4. The number of benzene rings is 2. The highest BCUT2D eigenvalue weighted by Crippen LogP contribution is 2.24. The lowest BCUT2D eigenvalue weighted by Crippen LogP contribution is -2.26. The summed E-state index contributed by atoms with van der Waals surface area (Å²) in [5.74, 6) is -2.96. The number of ether oxygens (including phenoxy) is 1. The van der Waals surface area contributed by atoms with Crippen LogP contribution < -0.4 is 15.8 Å². The van der Waals surface area contributed by atoms with E-state index in [-0.39, 0.29) is 24.0 Å². The maximum Gasteiger partial charge on any atom is 0.343 e. The molecule has 2 rings (SSSR count). The maximum atomic E-state index is 12.2. The van der Waals surface area contributed by atoms with Crippen molar-refractivity contribution < 1.29 is 24.2 Å². The van der Waals surface area contributed by atoms with Crippen molar-refractivity contribution in [3.05, 3.63) is 59.7 Å². The molecule has 0 radical (unpaired) electrons. The molecule has 0 aliphatic carbocycles. The normalized spacial score (nSPS) is 11.2. The first-order valence-corrected chi connectivity index (χ1v) is 8.63. The summed E-state index contributed by atoms with van der Waals surface area (Å²) in [6, 6.07) is 12.2. The van der Waals surface area contributed by atoms with E-state index in [1.165, 1.54) is 41.3 Å². The molecule has 0 saturated heterocycles. The van der Waals surface area contributed by atoms with Gasteiger partial charge in [0.25, 0.3) is 0 Å². The third kappa shape index (κ3) is 6.06. The number of hydrogen-bond donors (Lipinski definition) is 4. The number of rotatable bonds is 7. The molecule has 0 heterocycles. The number of anilines is 1. The van der Waals surface area contributed by atoms with Crippen LogP contribution in [0.1, 0.15) is 28.3 Å². The number of nitrogens with one attached hydrogen (secondary N) is 2. The Bertz CT molecular complexity index is 907. The van der Waals surface area contributed by atoms with Crippen molar-refractivity contribution in [2.75, 3.05) is 19.4 Å². The summed E-state index contributed by atoms with van der Waals surface area (Å²) in [6.45, 7) is 0. The van der Waals surface area contributed by atoms with Crippen LogP contribution in [-0.2, 0) is 9.59 Å². The number of aliphatic carboxylic acids is 1. The van der Waals surface area contributed by atoms with Crippen molar-refractivity contribution in [3.63, 3.8) is 0 Å². The molecule has 0 fully saturated rings. The number of guanidine groups is 1. The average molecular weight is 398 g/mol. The molecule has 0 saturated carbocycles. The number of carboxylic acids is 1. The first-order chi connectivity index (χ1) is 13.7. The fraction of sp³-hybridized carbons (Fsp3) is 0.200. The minimum Gasteiger partial charge on any atom is -0.481 e. The SMILES string of the molecule is CN(C)C(=O)CC(C(=O)O)c1ccc(OC(=O)c2ccc(NC(=N)N)cc2)cc1. The number of carbonyl (C=O) groups is 3. The van der Waals surface area contributed by atoms with Crippen LogP contribution in [0, 0.1) is 5.41 Å². The zero-order chi connectivity index (χ0) is 21.6. The van der Waals surface area contributed by atoms with Gasteiger partial charge in [0.05, 0.1) is 11.5 Å². The molecule has 2 aromatic carbocycles. The van der Waals surface area contributed by atoms with Crippen LogP contribution in [0.15, 0.2) is 48.5 Å². The molecular weight excluding hydrogens is 376 g/mol. The Morgan fingerprint density at radius 3 is 2.17 bits per heavy atom. The van der Waals surface area contributed by atoms with Gasteiger partial charge in [0.2, 0.25) is 5.91 Å². The van der Waals surface area contributed by atoms with Crippen LogP contribution in [0.5, 0.6) is 5.75 Å². The van der Waals surface area contributed by atoms with E-state index < -0.39 is 17.9 Å². The Morgan fingerprint density at radius 1 is 1.10 bits per heavy atom. The Kier molecular flexibility index (Phi) is 6.91. The number of hydrogen-bond acceptors (Lipinski definition) is 5. The minimum atomic E-state index is -1.11. The summed E-state index contributed by atoms with van der Waals surface area (Å²) >= 11 is 0. The van der Waals surface area contributed by atoms with Gasteiger partial charge in [-0.3, -0.25) is 15.0 Å². The van der Waals surface area contributed by atoms with Gasteiger partial charge in [-0.1, -0.05) is 12.1 Å². The quantitative estimate of drug-likeness (QED) is 0.241. The van der Waals surface area contributed by atoms with E-state index in [4.69, 9.17) is 15.9 Å². The molecule has 152 valence electrons. The van der Waals surface area contributed by atoms with Crippen molar-refractivity contribution in [1.29, 1.82) is 5.41 Å². The van der Waals surface area contributed by atoms with E-state index in [0.717, 1.165) is 0 Å². The highest BCUT2D eigenvalue weighted by molar-refractivity contribution is 5.93. The van der Waals surface area contributed by atoms with Crippen molar-refractivity contribution in [2.24, 2.45) is 5.73 Å². The molecule has 0 aromatic heterocycles. The van der Waals surface area contributed by atoms with Crippen molar-refractivity contribution >= 4 is 29.5 Å². The van der Waals surface area contributed by atoms with Crippen LogP contribution in [0.3, 0.4) is 0 Å². The molecule has 5 N–H and O–H groups in total. The van der Waals surface area contributed by atoms with Gasteiger partial charge < -0.3 is 25.8 Å². The third-order valence-corrected chi connectivity index (χ3v) is 4.07. The number of esters is 1. The molecular formula is C20H22N4O5. The van der Waals surface area contributed by atoms with E-state index in [1.807, 2.05) is 0 Å².